The number of hydrogen-bond donors (Lipinski definition) is 1. The molecule has 0 radical (unpaired) electrons. The lowest BCUT2D eigenvalue weighted by Crippen LogP contribution is -2.10. The molecule has 0 aliphatic carbocycles. The van der Waals surface area contributed by atoms with E-state index in [-0.39, 0.29) is 11.3 Å². The second-order valence-corrected chi connectivity index (χ2v) is 4.58. The van der Waals surface area contributed by atoms with E-state index >= 15 is 0 Å². The molecule has 1 aromatic carbocycles. The van der Waals surface area contributed by atoms with Crippen LogP contribution in [-0.4, -0.2) is 16.9 Å². The number of carboxylic acids is 1. The molecule has 0 bridgehead atoms. The van der Waals surface area contributed by atoms with Gasteiger partial charge in [0.15, 0.2) is 5.78 Å². The van der Waals surface area contributed by atoms with Crippen molar-refractivity contribution in [2.75, 3.05) is 0 Å². The van der Waals surface area contributed by atoms with Gasteiger partial charge in [0.05, 0.1) is 5.56 Å². The molecule has 1 atom stereocenters. The van der Waals surface area contributed by atoms with Crippen molar-refractivity contribution < 1.29 is 14.7 Å². The van der Waals surface area contributed by atoms with Crippen LogP contribution >= 0.6 is 34.2 Å². The van der Waals surface area contributed by atoms with Crippen LogP contribution < -0.4 is 0 Å². The van der Waals surface area contributed by atoms with E-state index in [1.54, 1.807) is 18.2 Å². The van der Waals surface area contributed by atoms with Crippen LogP contribution in [0.3, 0.4) is 0 Å². The predicted molar refractivity (Wildman–Crippen MR) is 65.4 cm³/mol. The molecule has 0 saturated heterocycles. The standard InChI is InChI=1S/C10H8ClIO3/c1-5(13)9(11)6-3-2-4-7(12)8(6)10(14)15/h2-4,9H,1H3,(H,14,15). The van der Waals surface area contributed by atoms with Crippen molar-refractivity contribution in [3.05, 3.63) is 32.9 Å². The molecule has 15 heavy (non-hydrogen) atoms. The summed E-state index contributed by atoms with van der Waals surface area (Å²) in [7, 11) is 0. The summed E-state index contributed by atoms with van der Waals surface area (Å²) < 4.78 is 0.574. The van der Waals surface area contributed by atoms with Gasteiger partial charge in [-0.05, 0) is 41.1 Å². The van der Waals surface area contributed by atoms with E-state index < -0.39 is 11.3 Å². The van der Waals surface area contributed by atoms with Gasteiger partial charge < -0.3 is 5.11 Å². The van der Waals surface area contributed by atoms with Gasteiger partial charge in [-0.3, -0.25) is 4.79 Å². The van der Waals surface area contributed by atoms with E-state index in [0.717, 1.165) is 0 Å². The molecule has 0 aliphatic heterocycles. The number of carbonyl (C=O) groups excluding carboxylic acids is 1. The quantitative estimate of drug-likeness (QED) is 0.681. The summed E-state index contributed by atoms with van der Waals surface area (Å²) in [6, 6.07) is 4.91. The van der Waals surface area contributed by atoms with Gasteiger partial charge in [0, 0.05) is 3.57 Å². The summed E-state index contributed by atoms with van der Waals surface area (Å²) in [5, 5.41) is 8.11. The predicted octanol–water partition coefficient (Wildman–Crippen LogP) is 2.86. The molecule has 5 heteroatoms. The molecule has 3 nitrogen and oxygen atoms in total. The van der Waals surface area contributed by atoms with Gasteiger partial charge >= 0.3 is 5.97 Å². The Morgan fingerprint density at radius 2 is 2.07 bits per heavy atom. The minimum absolute atomic E-state index is 0.105. The molecule has 80 valence electrons. The molecular weight excluding hydrogens is 330 g/mol. The number of alkyl halides is 1. The van der Waals surface area contributed by atoms with Gasteiger partial charge in [-0.2, -0.15) is 0 Å². The summed E-state index contributed by atoms with van der Waals surface area (Å²) in [4.78, 5) is 22.1. The lowest BCUT2D eigenvalue weighted by molar-refractivity contribution is -0.116. The fourth-order valence-corrected chi connectivity index (χ4v) is 2.13. The van der Waals surface area contributed by atoms with Crippen LogP contribution in [0.5, 0.6) is 0 Å². The van der Waals surface area contributed by atoms with Crippen molar-refractivity contribution in [1.82, 2.24) is 0 Å². The number of hydrogen-bond acceptors (Lipinski definition) is 2. The number of carboxylic acid groups (broad SMARTS) is 1. The average molecular weight is 339 g/mol. The first-order valence-corrected chi connectivity index (χ1v) is 5.63. The third-order valence-electron chi connectivity index (χ3n) is 1.89. The Morgan fingerprint density at radius 1 is 1.47 bits per heavy atom. The largest absolute Gasteiger partial charge is 0.478 e. The SMILES string of the molecule is CC(=O)C(Cl)c1cccc(I)c1C(=O)O. The van der Waals surface area contributed by atoms with Crippen LogP contribution in [-0.2, 0) is 4.79 Å². The van der Waals surface area contributed by atoms with Crippen LogP contribution in [0, 0.1) is 3.57 Å². The van der Waals surface area contributed by atoms with Gasteiger partial charge in [0.25, 0.3) is 0 Å². The molecule has 0 heterocycles. The third kappa shape index (κ3) is 2.69. The molecule has 0 amide bonds. The third-order valence-corrected chi connectivity index (χ3v) is 3.33. The van der Waals surface area contributed by atoms with Crippen LogP contribution in [0.2, 0.25) is 0 Å². The van der Waals surface area contributed by atoms with E-state index in [9.17, 15) is 9.59 Å². The maximum absolute atomic E-state index is 11.1. The number of Topliss-reactive ketones (excluding diaryl/α,β-unsaturated/α-hetero) is 1. The second-order valence-electron chi connectivity index (χ2n) is 2.98. The van der Waals surface area contributed by atoms with E-state index in [1.807, 2.05) is 22.6 Å². The van der Waals surface area contributed by atoms with Gasteiger partial charge in [-0.25, -0.2) is 4.79 Å². The fourth-order valence-electron chi connectivity index (χ4n) is 1.20. The van der Waals surface area contributed by atoms with E-state index in [4.69, 9.17) is 16.7 Å². The number of rotatable bonds is 3. The Balaban J connectivity index is 3.35. The van der Waals surface area contributed by atoms with Crippen molar-refractivity contribution in [3.8, 4) is 0 Å². The van der Waals surface area contributed by atoms with E-state index in [0.29, 0.717) is 9.13 Å². The highest BCUT2D eigenvalue weighted by Gasteiger charge is 2.22. The van der Waals surface area contributed by atoms with Crippen LogP contribution in [0.25, 0.3) is 0 Å². The molecule has 0 fully saturated rings. The number of benzene rings is 1. The highest BCUT2D eigenvalue weighted by molar-refractivity contribution is 14.1. The first-order chi connectivity index (χ1) is 6.95. The minimum atomic E-state index is -1.07. The number of ketones is 1. The van der Waals surface area contributed by atoms with Crippen LogP contribution in [0.4, 0.5) is 0 Å². The average Bonchev–Trinajstić information content (AvgIpc) is 2.15. The van der Waals surface area contributed by atoms with Crippen molar-refractivity contribution in [2.45, 2.75) is 12.3 Å². The van der Waals surface area contributed by atoms with E-state index in [1.165, 1.54) is 6.92 Å². The summed E-state index contributed by atoms with van der Waals surface area (Å²) in [5.74, 6) is -1.33. The van der Waals surface area contributed by atoms with Crippen molar-refractivity contribution in [1.29, 1.82) is 0 Å². The molecule has 1 unspecified atom stereocenters. The summed E-state index contributed by atoms with van der Waals surface area (Å²) in [6.45, 7) is 1.34. The zero-order chi connectivity index (χ0) is 11.6. The smallest absolute Gasteiger partial charge is 0.337 e. The highest BCUT2D eigenvalue weighted by atomic mass is 127. The van der Waals surface area contributed by atoms with E-state index in [2.05, 4.69) is 0 Å². The Hall–Kier alpha value is -0.620. The van der Waals surface area contributed by atoms with Gasteiger partial charge in [0.1, 0.15) is 5.38 Å². The highest BCUT2D eigenvalue weighted by Crippen LogP contribution is 2.28. The summed E-state index contributed by atoms with van der Waals surface area (Å²) in [6.07, 6.45) is 0. The maximum Gasteiger partial charge on any atom is 0.337 e. The Morgan fingerprint density at radius 3 is 2.53 bits per heavy atom. The summed E-state index contributed by atoms with van der Waals surface area (Å²) in [5.41, 5.74) is 0.455. The van der Waals surface area contributed by atoms with Crippen molar-refractivity contribution in [3.63, 3.8) is 0 Å². The van der Waals surface area contributed by atoms with Gasteiger partial charge in [-0.1, -0.05) is 12.1 Å². The van der Waals surface area contributed by atoms with Crippen molar-refractivity contribution in [2.24, 2.45) is 0 Å². The Bertz CT molecular complexity index is 417. The van der Waals surface area contributed by atoms with Gasteiger partial charge in [0.2, 0.25) is 0 Å². The lowest BCUT2D eigenvalue weighted by atomic mass is 10.0. The Labute approximate surface area is 106 Å². The second kappa shape index (κ2) is 4.94. The minimum Gasteiger partial charge on any atom is -0.478 e. The number of aromatic carboxylic acids is 1. The molecule has 0 aromatic heterocycles. The number of halogens is 2. The monoisotopic (exact) mass is 338 g/mol. The zero-order valence-corrected chi connectivity index (χ0v) is 10.7. The molecule has 0 spiro atoms. The summed E-state index contributed by atoms with van der Waals surface area (Å²) >= 11 is 7.75. The maximum atomic E-state index is 11.1. The molecule has 1 rings (SSSR count). The first kappa shape index (κ1) is 12.4. The first-order valence-electron chi connectivity index (χ1n) is 4.11. The normalized spacial score (nSPS) is 12.2. The molecular formula is C10H8ClIO3. The molecule has 1 aromatic rings. The topological polar surface area (TPSA) is 54.4 Å². The van der Waals surface area contributed by atoms with Crippen molar-refractivity contribution >= 4 is 45.9 Å². The molecule has 1 N–H and O–H groups in total. The lowest BCUT2D eigenvalue weighted by Gasteiger charge is -2.10. The fraction of sp³-hybridized carbons (Fsp3) is 0.200. The zero-order valence-electron chi connectivity index (χ0n) is 7.83. The van der Waals surface area contributed by atoms with Crippen LogP contribution in [0.1, 0.15) is 28.2 Å². The van der Waals surface area contributed by atoms with Gasteiger partial charge in [-0.15, -0.1) is 11.6 Å². The molecule has 0 aliphatic rings. The van der Waals surface area contributed by atoms with Crippen LogP contribution in [0.15, 0.2) is 18.2 Å². The number of carbonyl (C=O) groups is 2. The Kier molecular flexibility index (Phi) is 4.10. The molecule has 0 saturated carbocycles.